The average molecular weight is 456 g/mol. The number of amides is 3. The van der Waals surface area contributed by atoms with Crippen molar-refractivity contribution in [2.45, 2.75) is 43.8 Å². The van der Waals surface area contributed by atoms with E-state index in [0.717, 1.165) is 25.3 Å². The number of fused-ring (bicyclic) bond motifs is 2. The fourth-order valence-corrected chi connectivity index (χ4v) is 5.01. The predicted octanol–water partition coefficient (Wildman–Crippen LogP) is 3.42. The largest absolute Gasteiger partial charge is 0.377 e. The van der Waals surface area contributed by atoms with Gasteiger partial charge in [0.05, 0.1) is 37.2 Å². The zero-order chi connectivity index (χ0) is 22.1. The van der Waals surface area contributed by atoms with Gasteiger partial charge < -0.3 is 25.2 Å². The Bertz CT molecular complexity index is 968. The Labute approximate surface area is 191 Å². The zero-order valence-electron chi connectivity index (χ0n) is 17.7. The Balaban J connectivity index is 1.23. The molecule has 1 aromatic carbocycles. The number of morpholine rings is 1. The van der Waals surface area contributed by atoms with E-state index in [9.17, 15) is 9.59 Å². The highest BCUT2D eigenvalue weighted by atomic mass is 35.5. The summed E-state index contributed by atoms with van der Waals surface area (Å²) in [4.78, 5) is 33.6. The maximum atomic E-state index is 13.1. The molecule has 9 heteroatoms. The molecule has 3 aliphatic heterocycles. The summed E-state index contributed by atoms with van der Waals surface area (Å²) >= 11 is 5.77. The molecule has 3 atom stereocenters. The van der Waals surface area contributed by atoms with Crippen LogP contribution < -0.4 is 20.4 Å². The third-order valence-corrected chi connectivity index (χ3v) is 6.65. The highest BCUT2D eigenvalue weighted by Crippen LogP contribution is 2.35. The highest BCUT2D eigenvalue weighted by molar-refractivity contribution is 6.29. The zero-order valence-corrected chi connectivity index (χ0v) is 18.4. The first kappa shape index (κ1) is 21.0. The van der Waals surface area contributed by atoms with E-state index in [1.807, 2.05) is 12.1 Å². The summed E-state index contributed by atoms with van der Waals surface area (Å²) < 4.78 is 5.68. The van der Waals surface area contributed by atoms with Gasteiger partial charge in [-0.3, -0.25) is 4.79 Å². The molecule has 3 aliphatic rings. The van der Waals surface area contributed by atoms with Gasteiger partial charge >= 0.3 is 6.03 Å². The topological polar surface area (TPSA) is 86.8 Å². The molecule has 0 aliphatic carbocycles. The van der Waals surface area contributed by atoms with Gasteiger partial charge in [0.2, 0.25) is 5.91 Å². The van der Waals surface area contributed by atoms with Crippen LogP contribution in [0, 0.1) is 0 Å². The maximum absolute atomic E-state index is 13.1. The number of urea groups is 1. The first-order valence-corrected chi connectivity index (χ1v) is 11.4. The molecule has 0 saturated carbocycles. The van der Waals surface area contributed by atoms with E-state index in [1.165, 1.54) is 24.7 Å². The van der Waals surface area contributed by atoms with Gasteiger partial charge in [0, 0.05) is 17.9 Å². The molecule has 5 rings (SSSR count). The van der Waals surface area contributed by atoms with Crippen LogP contribution in [-0.4, -0.2) is 54.8 Å². The molecular formula is C23H26ClN5O3. The Morgan fingerprint density at radius 3 is 2.44 bits per heavy atom. The van der Waals surface area contributed by atoms with Crippen LogP contribution in [-0.2, 0) is 9.53 Å². The summed E-state index contributed by atoms with van der Waals surface area (Å²) in [7, 11) is 0. The minimum absolute atomic E-state index is 0.0974. The molecule has 32 heavy (non-hydrogen) atoms. The van der Waals surface area contributed by atoms with E-state index >= 15 is 0 Å². The minimum atomic E-state index is -0.571. The van der Waals surface area contributed by atoms with E-state index in [4.69, 9.17) is 16.3 Å². The van der Waals surface area contributed by atoms with Crippen LogP contribution in [0.25, 0.3) is 0 Å². The van der Waals surface area contributed by atoms with Gasteiger partial charge in [-0.25, -0.2) is 9.78 Å². The molecule has 0 unspecified atom stereocenters. The SMILES string of the molecule is O=C(Nc1ccc(Cl)nc1)N[C@@H]1CCCN(c2ccc(N3[C@@H]4CC[C@H]3COC4)cc2)C1=O. The lowest BCUT2D eigenvalue weighted by molar-refractivity contribution is -0.121. The number of ether oxygens (including phenoxy) is 1. The predicted molar refractivity (Wildman–Crippen MR) is 123 cm³/mol. The van der Waals surface area contributed by atoms with Crippen LogP contribution in [0.3, 0.4) is 0 Å². The third kappa shape index (κ3) is 4.25. The molecule has 2 N–H and O–H groups in total. The van der Waals surface area contributed by atoms with Crippen molar-refractivity contribution in [3.8, 4) is 0 Å². The number of hydrogen-bond acceptors (Lipinski definition) is 5. The third-order valence-electron chi connectivity index (χ3n) is 6.43. The number of anilines is 3. The van der Waals surface area contributed by atoms with Crippen molar-refractivity contribution < 1.29 is 14.3 Å². The van der Waals surface area contributed by atoms with Crippen molar-refractivity contribution in [3.63, 3.8) is 0 Å². The van der Waals surface area contributed by atoms with Gasteiger partial charge in [-0.15, -0.1) is 0 Å². The van der Waals surface area contributed by atoms with Crippen molar-refractivity contribution in [2.75, 3.05) is 34.9 Å². The molecule has 3 fully saturated rings. The first-order chi connectivity index (χ1) is 15.6. The van der Waals surface area contributed by atoms with Gasteiger partial charge in [0.1, 0.15) is 11.2 Å². The molecule has 0 spiro atoms. The molecule has 2 bridgehead atoms. The van der Waals surface area contributed by atoms with Crippen LogP contribution in [0.1, 0.15) is 25.7 Å². The van der Waals surface area contributed by atoms with Crippen molar-refractivity contribution in [3.05, 3.63) is 47.7 Å². The molecular weight excluding hydrogens is 430 g/mol. The summed E-state index contributed by atoms with van der Waals surface area (Å²) in [6.07, 6.45) is 5.22. The van der Waals surface area contributed by atoms with E-state index in [1.54, 1.807) is 17.0 Å². The summed E-state index contributed by atoms with van der Waals surface area (Å²) in [6.45, 7) is 2.20. The van der Waals surface area contributed by atoms with Crippen molar-refractivity contribution in [2.24, 2.45) is 0 Å². The number of pyridine rings is 1. The number of piperidine rings is 1. The number of hydrogen-bond donors (Lipinski definition) is 2. The fraction of sp³-hybridized carbons (Fsp3) is 0.435. The van der Waals surface area contributed by atoms with E-state index in [0.29, 0.717) is 35.9 Å². The smallest absolute Gasteiger partial charge is 0.319 e. The summed E-state index contributed by atoms with van der Waals surface area (Å²) in [5.41, 5.74) is 2.55. The lowest BCUT2D eigenvalue weighted by atomic mass is 10.0. The number of halogens is 1. The number of nitrogens with zero attached hydrogens (tertiary/aromatic N) is 3. The second kappa shape index (κ2) is 8.96. The van der Waals surface area contributed by atoms with Gasteiger partial charge in [-0.05, 0) is 62.1 Å². The Morgan fingerprint density at radius 2 is 1.75 bits per heavy atom. The second-order valence-corrected chi connectivity index (χ2v) is 8.89. The van der Waals surface area contributed by atoms with Crippen molar-refractivity contribution in [1.82, 2.24) is 10.3 Å². The Kier molecular flexibility index (Phi) is 5.89. The van der Waals surface area contributed by atoms with Crippen LogP contribution >= 0.6 is 11.6 Å². The Morgan fingerprint density at radius 1 is 1.03 bits per heavy atom. The molecule has 4 heterocycles. The number of nitrogens with one attached hydrogen (secondary N) is 2. The van der Waals surface area contributed by atoms with Crippen LogP contribution in [0.4, 0.5) is 21.9 Å². The normalized spacial score (nSPS) is 25.0. The molecule has 1 aromatic heterocycles. The van der Waals surface area contributed by atoms with Gasteiger partial charge in [0.15, 0.2) is 0 Å². The lowest BCUT2D eigenvalue weighted by Crippen LogP contribution is -2.53. The van der Waals surface area contributed by atoms with E-state index in [2.05, 4.69) is 32.7 Å². The maximum Gasteiger partial charge on any atom is 0.319 e. The van der Waals surface area contributed by atoms with E-state index < -0.39 is 12.1 Å². The monoisotopic (exact) mass is 455 g/mol. The van der Waals surface area contributed by atoms with E-state index in [-0.39, 0.29) is 5.91 Å². The Hall–Kier alpha value is -2.84. The number of aromatic nitrogens is 1. The number of carbonyl (C=O) groups is 2. The van der Waals surface area contributed by atoms with Crippen molar-refractivity contribution in [1.29, 1.82) is 0 Å². The number of rotatable bonds is 4. The number of carbonyl (C=O) groups excluding carboxylic acids is 2. The van der Waals surface area contributed by atoms with Gasteiger partial charge in [0.25, 0.3) is 0 Å². The molecule has 168 valence electrons. The van der Waals surface area contributed by atoms with Crippen LogP contribution in [0.2, 0.25) is 5.15 Å². The van der Waals surface area contributed by atoms with Crippen molar-refractivity contribution >= 4 is 40.6 Å². The summed E-state index contributed by atoms with van der Waals surface area (Å²) in [6, 6.07) is 11.3. The summed E-state index contributed by atoms with van der Waals surface area (Å²) in [5, 5.41) is 5.83. The second-order valence-electron chi connectivity index (χ2n) is 8.50. The molecule has 8 nitrogen and oxygen atoms in total. The molecule has 0 radical (unpaired) electrons. The highest BCUT2D eigenvalue weighted by Gasteiger charge is 2.37. The van der Waals surface area contributed by atoms with Crippen LogP contribution in [0.5, 0.6) is 0 Å². The van der Waals surface area contributed by atoms with Gasteiger partial charge in [-0.2, -0.15) is 0 Å². The standard InChI is InChI=1S/C23H26ClN5O3/c24-21-10-3-15(12-25-21)26-23(31)27-20-2-1-11-28(22(20)30)16-4-6-17(7-5-16)29-18-8-9-19(29)14-32-13-18/h3-7,10,12,18-20H,1-2,8-9,11,13-14H2,(H2,26,27,31)/t18-,19+,20-/m1/s1. The average Bonchev–Trinajstić information content (AvgIpc) is 3.05. The van der Waals surface area contributed by atoms with Crippen LogP contribution in [0.15, 0.2) is 42.6 Å². The number of benzene rings is 1. The minimum Gasteiger partial charge on any atom is -0.377 e. The molecule has 3 amide bonds. The molecule has 3 saturated heterocycles. The van der Waals surface area contributed by atoms with Gasteiger partial charge in [-0.1, -0.05) is 11.6 Å². The quantitative estimate of drug-likeness (QED) is 0.690. The fourth-order valence-electron chi connectivity index (χ4n) is 4.90. The first-order valence-electron chi connectivity index (χ1n) is 11.0. The lowest BCUT2D eigenvalue weighted by Gasteiger charge is -2.37. The molecule has 2 aromatic rings. The summed E-state index contributed by atoms with van der Waals surface area (Å²) in [5.74, 6) is -0.0974.